The van der Waals surface area contributed by atoms with Crippen LogP contribution < -0.4 is 4.74 Å². The van der Waals surface area contributed by atoms with Gasteiger partial charge in [-0.2, -0.15) is 0 Å². The van der Waals surface area contributed by atoms with Crippen molar-refractivity contribution in [2.75, 3.05) is 7.11 Å². The Balaban J connectivity index is 2.63. The Bertz CT molecular complexity index is 388. The molecule has 0 aromatic heterocycles. The summed E-state index contributed by atoms with van der Waals surface area (Å²) in [6, 6.07) is 5.78. The SMILES string of the molecule is CCC(C)CC(=O)Cc1ccc(OC)c(Br)c1. The van der Waals surface area contributed by atoms with Crippen LogP contribution in [0.15, 0.2) is 22.7 Å². The Morgan fingerprint density at radius 1 is 1.47 bits per heavy atom. The van der Waals surface area contributed by atoms with Gasteiger partial charge in [0.15, 0.2) is 0 Å². The minimum atomic E-state index is 0.302. The number of methoxy groups -OCH3 is 1. The molecule has 0 aliphatic carbocycles. The van der Waals surface area contributed by atoms with Crippen LogP contribution >= 0.6 is 15.9 Å². The molecule has 0 spiro atoms. The van der Waals surface area contributed by atoms with Gasteiger partial charge in [0.25, 0.3) is 0 Å². The van der Waals surface area contributed by atoms with Crippen LogP contribution in [0.5, 0.6) is 5.75 Å². The predicted octanol–water partition coefficient (Wildman–Crippen LogP) is 4.01. The molecule has 2 nitrogen and oxygen atoms in total. The largest absolute Gasteiger partial charge is 0.496 e. The van der Waals surface area contributed by atoms with Crippen molar-refractivity contribution in [2.45, 2.75) is 33.1 Å². The first-order valence-corrected chi connectivity index (χ1v) is 6.70. The van der Waals surface area contributed by atoms with Crippen LogP contribution in [-0.4, -0.2) is 12.9 Å². The molecular formula is C14H19BrO2. The van der Waals surface area contributed by atoms with E-state index >= 15 is 0 Å². The molecule has 0 aliphatic heterocycles. The molecule has 1 aromatic carbocycles. The van der Waals surface area contributed by atoms with Crippen molar-refractivity contribution in [1.29, 1.82) is 0 Å². The molecule has 0 saturated heterocycles. The van der Waals surface area contributed by atoms with Gasteiger partial charge in [-0.3, -0.25) is 4.79 Å². The van der Waals surface area contributed by atoms with Crippen molar-refractivity contribution >= 4 is 21.7 Å². The number of Topliss-reactive ketones (excluding diaryl/α,β-unsaturated/α-hetero) is 1. The third-order valence-electron chi connectivity index (χ3n) is 2.89. The molecule has 0 N–H and O–H groups in total. The minimum absolute atomic E-state index is 0.302. The highest BCUT2D eigenvalue weighted by Gasteiger charge is 2.09. The fourth-order valence-electron chi connectivity index (χ4n) is 1.65. The maximum absolute atomic E-state index is 11.8. The summed E-state index contributed by atoms with van der Waals surface area (Å²) in [6.07, 6.45) is 2.23. The lowest BCUT2D eigenvalue weighted by Crippen LogP contribution is -2.07. The number of hydrogen-bond acceptors (Lipinski definition) is 2. The molecule has 0 saturated carbocycles. The van der Waals surface area contributed by atoms with Crippen LogP contribution in [-0.2, 0) is 11.2 Å². The van der Waals surface area contributed by atoms with Gasteiger partial charge in [0.2, 0.25) is 0 Å². The summed E-state index contributed by atoms with van der Waals surface area (Å²) in [6.45, 7) is 4.23. The molecule has 94 valence electrons. The molecule has 1 unspecified atom stereocenters. The highest BCUT2D eigenvalue weighted by atomic mass is 79.9. The summed E-state index contributed by atoms with van der Waals surface area (Å²) < 4.78 is 6.05. The number of carbonyl (C=O) groups excluding carboxylic acids is 1. The van der Waals surface area contributed by atoms with Gasteiger partial charge >= 0.3 is 0 Å². The Morgan fingerprint density at radius 2 is 2.18 bits per heavy atom. The number of benzene rings is 1. The number of ketones is 1. The fraction of sp³-hybridized carbons (Fsp3) is 0.500. The van der Waals surface area contributed by atoms with Crippen LogP contribution in [0.25, 0.3) is 0 Å². The molecule has 0 fully saturated rings. The standard InChI is InChI=1S/C14H19BrO2/c1-4-10(2)7-12(16)8-11-5-6-14(17-3)13(15)9-11/h5-6,9-10H,4,7-8H2,1-3H3. The Labute approximate surface area is 111 Å². The molecule has 0 radical (unpaired) electrons. The van der Waals surface area contributed by atoms with Crippen LogP contribution in [0.1, 0.15) is 32.3 Å². The maximum Gasteiger partial charge on any atom is 0.137 e. The zero-order chi connectivity index (χ0) is 12.8. The Kier molecular flexibility index (Phi) is 5.69. The van der Waals surface area contributed by atoms with E-state index < -0.39 is 0 Å². The molecule has 0 heterocycles. The van der Waals surface area contributed by atoms with E-state index in [0.29, 0.717) is 24.5 Å². The van der Waals surface area contributed by atoms with E-state index in [4.69, 9.17) is 4.74 Å². The van der Waals surface area contributed by atoms with Gasteiger partial charge in [-0.1, -0.05) is 26.3 Å². The molecule has 1 aromatic rings. The second kappa shape index (κ2) is 6.80. The number of ether oxygens (including phenoxy) is 1. The van der Waals surface area contributed by atoms with E-state index in [1.165, 1.54) is 0 Å². The third-order valence-corrected chi connectivity index (χ3v) is 3.51. The molecule has 1 rings (SSSR count). The normalized spacial score (nSPS) is 12.2. The predicted molar refractivity (Wildman–Crippen MR) is 73.5 cm³/mol. The molecule has 0 bridgehead atoms. The summed E-state index contributed by atoms with van der Waals surface area (Å²) in [5.74, 6) is 1.57. The van der Waals surface area contributed by atoms with E-state index in [-0.39, 0.29) is 0 Å². The van der Waals surface area contributed by atoms with Gasteiger partial charge in [-0.15, -0.1) is 0 Å². The van der Waals surface area contributed by atoms with Crippen molar-refractivity contribution in [3.05, 3.63) is 28.2 Å². The van der Waals surface area contributed by atoms with Crippen molar-refractivity contribution in [3.8, 4) is 5.75 Å². The monoisotopic (exact) mass is 298 g/mol. The first kappa shape index (κ1) is 14.2. The summed E-state index contributed by atoms with van der Waals surface area (Å²) >= 11 is 3.43. The van der Waals surface area contributed by atoms with Crippen LogP contribution in [0, 0.1) is 5.92 Å². The van der Waals surface area contributed by atoms with Gasteiger partial charge in [-0.05, 0) is 39.5 Å². The number of hydrogen-bond donors (Lipinski definition) is 0. The quantitative estimate of drug-likeness (QED) is 0.793. The van der Waals surface area contributed by atoms with Crippen molar-refractivity contribution in [1.82, 2.24) is 0 Å². The van der Waals surface area contributed by atoms with Crippen LogP contribution in [0.2, 0.25) is 0 Å². The lowest BCUT2D eigenvalue weighted by molar-refractivity contribution is -0.119. The Morgan fingerprint density at radius 3 is 2.71 bits per heavy atom. The number of carbonyl (C=O) groups is 1. The molecule has 0 amide bonds. The lowest BCUT2D eigenvalue weighted by atomic mass is 9.98. The van der Waals surface area contributed by atoms with E-state index in [0.717, 1.165) is 22.2 Å². The van der Waals surface area contributed by atoms with E-state index in [1.54, 1.807) is 7.11 Å². The third kappa shape index (κ3) is 4.50. The Hall–Kier alpha value is -0.830. The van der Waals surface area contributed by atoms with Crippen LogP contribution in [0.4, 0.5) is 0 Å². The number of rotatable bonds is 6. The molecule has 17 heavy (non-hydrogen) atoms. The molecular weight excluding hydrogens is 280 g/mol. The maximum atomic E-state index is 11.8. The minimum Gasteiger partial charge on any atom is -0.496 e. The van der Waals surface area contributed by atoms with Gasteiger partial charge in [0.1, 0.15) is 11.5 Å². The second-order valence-corrected chi connectivity index (χ2v) is 5.26. The zero-order valence-electron chi connectivity index (χ0n) is 10.6. The average molecular weight is 299 g/mol. The zero-order valence-corrected chi connectivity index (χ0v) is 12.2. The second-order valence-electron chi connectivity index (χ2n) is 4.40. The summed E-state index contributed by atoms with van der Waals surface area (Å²) in [5.41, 5.74) is 1.03. The van der Waals surface area contributed by atoms with E-state index in [9.17, 15) is 4.79 Å². The van der Waals surface area contributed by atoms with Gasteiger partial charge in [0, 0.05) is 12.8 Å². The molecule has 1 atom stereocenters. The fourth-order valence-corrected chi connectivity index (χ4v) is 2.24. The van der Waals surface area contributed by atoms with E-state index in [2.05, 4.69) is 29.8 Å². The smallest absolute Gasteiger partial charge is 0.137 e. The summed E-state index contributed by atoms with van der Waals surface area (Å²) in [7, 11) is 1.63. The van der Waals surface area contributed by atoms with E-state index in [1.807, 2.05) is 18.2 Å². The lowest BCUT2D eigenvalue weighted by Gasteiger charge is -2.08. The molecule has 3 heteroatoms. The van der Waals surface area contributed by atoms with Gasteiger partial charge < -0.3 is 4.74 Å². The highest BCUT2D eigenvalue weighted by Crippen LogP contribution is 2.26. The topological polar surface area (TPSA) is 26.3 Å². The number of halogens is 1. The highest BCUT2D eigenvalue weighted by molar-refractivity contribution is 9.10. The van der Waals surface area contributed by atoms with Gasteiger partial charge in [-0.25, -0.2) is 0 Å². The first-order chi connectivity index (χ1) is 8.06. The average Bonchev–Trinajstić information content (AvgIpc) is 2.29. The van der Waals surface area contributed by atoms with Crippen molar-refractivity contribution in [3.63, 3.8) is 0 Å². The summed E-state index contributed by atoms with van der Waals surface area (Å²) in [4.78, 5) is 11.8. The molecule has 0 aliphatic rings. The van der Waals surface area contributed by atoms with Crippen molar-refractivity contribution < 1.29 is 9.53 Å². The van der Waals surface area contributed by atoms with Gasteiger partial charge in [0.05, 0.1) is 11.6 Å². The summed E-state index contributed by atoms with van der Waals surface area (Å²) in [5, 5.41) is 0. The first-order valence-electron chi connectivity index (χ1n) is 5.91. The van der Waals surface area contributed by atoms with Crippen LogP contribution in [0.3, 0.4) is 0 Å². The van der Waals surface area contributed by atoms with Crippen molar-refractivity contribution in [2.24, 2.45) is 5.92 Å².